The minimum Gasteiger partial charge on any atom is -0.324 e. The number of rotatable bonds is 6. The Kier molecular flexibility index (Phi) is 17.3. The summed E-state index contributed by atoms with van der Waals surface area (Å²) in [4.78, 5) is 58.9. The first-order chi connectivity index (χ1) is 16.6. The number of hydrogen-bond donors (Lipinski definition) is 0. The molecule has 0 aliphatic heterocycles. The van der Waals surface area contributed by atoms with Gasteiger partial charge in [0, 0.05) is 0 Å². The third kappa shape index (κ3) is 20.5. The zero-order valence-corrected chi connectivity index (χ0v) is 21.2. The van der Waals surface area contributed by atoms with Crippen molar-refractivity contribution in [3.8, 4) is 0 Å². The summed E-state index contributed by atoms with van der Waals surface area (Å²) in [7, 11) is 0. The zero-order valence-electron chi connectivity index (χ0n) is 17.6. The van der Waals surface area contributed by atoms with E-state index in [-0.39, 0.29) is 35.6 Å². The number of halogens is 18. The fourth-order valence-electron chi connectivity index (χ4n) is 0.848. The normalized spacial score (nSPS) is 12.2. The van der Waals surface area contributed by atoms with Crippen molar-refractivity contribution in [2.24, 2.45) is 0 Å². The number of carbonyl (C=O) groups is 6. The van der Waals surface area contributed by atoms with Crippen molar-refractivity contribution in [1.29, 1.82) is 0 Å². The van der Waals surface area contributed by atoms with Crippen LogP contribution in [0.5, 0.6) is 0 Å². The minimum atomic E-state index is -5.46. The standard InChI is InChI=1S/3C5HF6O2.La/c3*6-4(7,8)2(12)1-3(13)5(9,10)11;/h3*1H;/q3*-1;+3. The molecule has 0 saturated carbocycles. The van der Waals surface area contributed by atoms with E-state index in [1.54, 1.807) is 0 Å². The predicted octanol–water partition coefficient (Wildman–Crippen LogP) is 4.36. The van der Waals surface area contributed by atoms with E-state index >= 15 is 0 Å². The summed E-state index contributed by atoms with van der Waals surface area (Å²) >= 11 is 0. The van der Waals surface area contributed by atoms with Crippen LogP contribution in [0.3, 0.4) is 0 Å². The molecule has 0 bridgehead atoms. The fraction of sp³-hybridized carbons (Fsp3) is 0.400. The van der Waals surface area contributed by atoms with Crippen LogP contribution in [-0.2, 0) is 28.8 Å². The van der Waals surface area contributed by atoms with Crippen LogP contribution in [-0.4, -0.2) is 71.8 Å². The van der Waals surface area contributed by atoms with Gasteiger partial charge in [-0.2, -0.15) is 79.0 Å². The van der Waals surface area contributed by atoms with E-state index in [0.29, 0.717) is 0 Å². The van der Waals surface area contributed by atoms with Gasteiger partial charge >= 0.3 is 72.7 Å². The maximum atomic E-state index is 11.3. The van der Waals surface area contributed by atoms with Crippen molar-refractivity contribution in [3.63, 3.8) is 0 Å². The third-order valence-corrected chi connectivity index (χ3v) is 2.46. The van der Waals surface area contributed by atoms with E-state index in [9.17, 15) is 108 Å². The van der Waals surface area contributed by atoms with Crippen LogP contribution in [0, 0.1) is 54.9 Å². The Morgan fingerprint density at radius 3 is 0.400 bits per heavy atom. The van der Waals surface area contributed by atoms with Gasteiger partial charge in [-0.25, -0.2) is 19.3 Å². The van der Waals surface area contributed by atoms with Crippen molar-refractivity contribution in [2.75, 3.05) is 0 Å². The summed E-state index contributed by atoms with van der Waals surface area (Å²) in [6.07, 6.45) is -35.8. The van der Waals surface area contributed by atoms with Gasteiger partial charge in [0.05, 0.1) is 0 Å². The van der Waals surface area contributed by atoms with Crippen molar-refractivity contribution in [1.82, 2.24) is 0 Å². The molecule has 0 rings (SSSR count). The molecule has 228 valence electrons. The van der Waals surface area contributed by atoms with E-state index in [0.717, 1.165) is 0 Å². The van der Waals surface area contributed by atoms with Gasteiger partial charge in [-0.05, 0) is 0 Å². The molecule has 0 aromatic carbocycles. The summed E-state index contributed by atoms with van der Waals surface area (Å²) in [5, 5.41) is 0. The summed E-state index contributed by atoms with van der Waals surface area (Å²) in [6.45, 7) is 0. The molecule has 0 radical (unpaired) electrons. The number of carbonyl (C=O) groups excluding carboxylic acids is 6. The number of ketones is 6. The zero-order chi connectivity index (χ0) is 32.6. The molecule has 0 amide bonds. The van der Waals surface area contributed by atoms with Gasteiger partial charge in [0.1, 0.15) is 34.7 Å². The molecule has 0 N–H and O–H groups in total. The van der Waals surface area contributed by atoms with Gasteiger partial charge in [0.25, 0.3) is 0 Å². The summed E-state index contributed by atoms with van der Waals surface area (Å²) in [5.74, 6) is -16.9. The van der Waals surface area contributed by atoms with Crippen LogP contribution in [0.4, 0.5) is 79.0 Å². The molecule has 25 heteroatoms. The number of alkyl halides is 18. The molecule has 0 aromatic rings. The molecule has 6 nitrogen and oxygen atoms in total. The van der Waals surface area contributed by atoms with Gasteiger partial charge in [-0.15, -0.1) is 0 Å². The molecule has 0 spiro atoms. The smallest absolute Gasteiger partial charge is 0.324 e. The Morgan fingerprint density at radius 1 is 0.275 bits per heavy atom. The van der Waals surface area contributed by atoms with Gasteiger partial charge in [0.2, 0.25) is 0 Å². The first kappa shape index (κ1) is 44.6. The quantitative estimate of drug-likeness (QED) is 0.227. The predicted molar refractivity (Wildman–Crippen MR) is 79.3 cm³/mol. The minimum absolute atomic E-state index is 0. The maximum Gasteiger partial charge on any atom is 3.00 e. The van der Waals surface area contributed by atoms with Crippen molar-refractivity contribution < 1.29 is 143 Å². The Morgan fingerprint density at radius 2 is 0.350 bits per heavy atom. The topological polar surface area (TPSA) is 102 Å². The SMILES string of the molecule is O=C([CH-]C(=O)C(F)(F)F)C(F)(F)F.O=C([CH-]C(=O)C(F)(F)F)C(F)(F)F.O=C([CH-]C(=O)C(F)(F)F)C(F)(F)F.[La+3]. The van der Waals surface area contributed by atoms with Crippen LogP contribution in [0.1, 0.15) is 0 Å². The van der Waals surface area contributed by atoms with Crippen LogP contribution in [0.25, 0.3) is 0 Å². The molecule has 40 heavy (non-hydrogen) atoms. The monoisotopic (exact) mass is 760 g/mol. The van der Waals surface area contributed by atoms with E-state index in [1.165, 1.54) is 0 Å². The second-order valence-corrected chi connectivity index (χ2v) is 5.61. The molecule has 0 saturated heterocycles. The Bertz CT molecular complexity index is 726. The van der Waals surface area contributed by atoms with Gasteiger partial charge < -0.3 is 28.8 Å². The van der Waals surface area contributed by atoms with Gasteiger partial charge in [0.15, 0.2) is 0 Å². The fourth-order valence-corrected chi connectivity index (χ4v) is 0.848. The average Bonchev–Trinajstić information content (AvgIpc) is 2.64. The second-order valence-electron chi connectivity index (χ2n) is 5.61. The van der Waals surface area contributed by atoms with E-state index in [4.69, 9.17) is 0 Å². The second kappa shape index (κ2) is 15.5. The van der Waals surface area contributed by atoms with E-state index in [1.807, 2.05) is 0 Å². The number of Topliss-reactive ketones (excluding diaryl/α,β-unsaturated/α-hetero) is 6. The Labute approximate surface area is 234 Å². The first-order valence-electron chi connectivity index (χ1n) is 7.86. The molecular formula is C15H3F18LaO6. The summed E-state index contributed by atoms with van der Waals surface area (Å²) < 4.78 is 203. The molecule has 0 aromatic heterocycles. The van der Waals surface area contributed by atoms with Crippen molar-refractivity contribution in [3.05, 3.63) is 19.3 Å². The summed E-state index contributed by atoms with van der Waals surface area (Å²) in [6, 6.07) is 0. The summed E-state index contributed by atoms with van der Waals surface area (Å²) in [5.41, 5.74) is 0. The first-order valence-corrected chi connectivity index (χ1v) is 7.86. The van der Waals surface area contributed by atoms with Crippen molar-refractivity contribution >= 4 is 34.7 Å². The molecule has 0 aliphatic rings. The van der Waals surface area contributed by atoms with Crippen LogP contribution in [0.15, 0.2) is 0 Å². The van der Waals surface area contributed by atoms with Crippen LogP contribution >= 0.6 is 0 Å². The van der Waals surface area contributed by atoms with E-state index in [2.05, 4.69) is 0 Å². The molecule has 0 atom stereocenters. The average molecular weight is 760 g/mol. The molecule has 0 heterocycles. The molecular weight excluding hydrogens is 757 g/mol. The molecule has 0 aliphatic carbocycles. The Balaban J connectivity index is -0.000000240. The maximum absolute atomic E-state index is 11.3. The van der Waals surface area contributed by atoms with Crippen molar-refractivity contribution in [2.45, 2.75) is 37.1 Å². The van der Waals surface area contributed by atoms with Gasteiger partial charge in [-0.3, -0.25) is 0 Å². The van der Waals surface area contributed by atoms with Gasteiger partial charge in [-0.1, -0.05) is 0 Å². The largest absolute Gasteiger partial charge is 3.00 e. The molecule has 0 unspecified atom stereocenters. The van der Waals surface area contributed by atoms with Crippen LogP contribution < -0.4 is 0 Å². The van der Waals surface area contributed by atoms with E-state index < -0.39 is 91.0 Å². The Hall–Kier alpha value is -2.44. The number of hydrogen-bond acceptors (Lipinski definition) is 6. The van der Waals surface area contributed by atoms with Crippen LogP contribution in [0.2, 0.25) is 0 Å². The third-order valence-electron chi connectivity index (χ3n) is 2.46. The molecule has 0 fully saturated rings.